The molecule has 6 amide bonds. The van der Waals surface area contributed by atoms with Crippen LogP contribution in [0, 0.1) is 26.2 Å². The number of hydrogen-bond donors (Lipinski definition) is 6. The summed E-state index contributed by atoms with van der Waals surface area (Å²) in [6.07, 6.45) is 8.37. The van der Waals surface area contributed by atoms with E-state index in [1.165, 1.54) is 0 Å². The van der Waals surface area contributed by atoms with Crippen LogP contribution in [0.3, 0.4) is 0 Å². The lowest BCUT2D eigenvalue weighted by molar-refractivity contribution is -0.127. The van der Waals surface area contributed by atoms with Gasteiger partial charge in [0.2, 0.25) is 17.7 Å². The molecule has 6 aromatic rings. The van der Waals surface area contributed by atoms with Crippen LogP contribution in [0.15, 0.2) is 146 Å². The molecule has 6 aliphatic heterocycles. The van der Waals surface area contributed by atoms with E-state index in [2.05, 4.69) is 35.7 Å². The zero-order valence-corrected chi connectivity index (χ0v) is 54.8. The molecule has 0 saturated carbocycles. The highest BCUT2D eigenvalue weighted by Crippen LogP contribution is 2.33. The zero-order valence-electron chi connectivity index (χ0n) is 53.3. The van der Waals surface area contributed by atoms with Crippen molar-refractivity contribution in [3.63, 3.8) is 0 Å². The van der Waals surface area contributed by atoms with Gasteiger partial charge in [0.15, 0.2) is 0 Å². The Kier molecular flexibility index (Phi) is 22.1. The molecule has 0 radical (unpaired) electrons. The first-order valence-corrected chi connectivity index (χ1v) is 32.0. The highest BCUT2D eigenvalue weighted by molar-refractivity contribution is 6.31. The summed E-state index contributed by atoms with van der Waals surface area (Å²) in [4.78, 5) is 105. The number of aryl methyl sites for hydroxylation is 6. The van der Waals surface area contributed by atoms with E-state index < -0.39 is 18.1 Å². The van der Waals surface area contributed by atoms with Crippen LogP contribution >= 0.6 is 24.0 Å². The number of benzene rings is 6. The Morgan fingerprint density at radius 3 is 1.21 bits per heavy atom. The predicted octanol–water partition coefficient (Wildman–Crippen LogP) is 11.4. The number of phenols is 2. The van der Waals surface area contributed by atoms with Gasteiger partial charge in [0.1, 0.15) is 41.2 Å². The van der Waals surface area contributed by atoms with E-state index in [1.54, 1.807) is 45.0 Å². The average molecular weight is 1310 g/mol. The summed E-state index contributed by atoms with van der Waals surface area (Å²) in [7, 11) is 0. The number of carbonyl (C=O) groups is 8. The van der Waals surface area contributed by atoms with Gasteiger partial charge in [-0.2, -0.15) is 0 Å². The molecule has 3 saturated heterocycles. The van der Waals surface area contributed by atoms with E-state index in [0.717, 1.165) is 78.2 Å². The maximum Gasteiger partial charge on any atom is 0.255 e. The second-order valence-electron chi connectivity index (χ2n) is 25.3. The number of aromatic hydroxyl groups is 2. The molecule has 6 aliphatic rings. The molecule has 0 aromatic heterocycles. The van der Waals surface area contributed by atoms with Gasteiger partial charge in [-0.1, -0.05) is 104 Å². The fourth-order valence-corrected chi connectivity index (χ4v) is 13.0. The van der Waals surface area contributed by atoms with E-state index in [9.17, 15) is 48.6 Å². The van der Waals surface area contributed by atoms with Gasteiger partial charge in [-0.05, 0) is 188 Å². The minimum Gasteiger partial charge on any atom is -0.508 e. The van der Waals surface area contributed by atoms with Crippen LogP contribution in [0.1, 0.15) is 156 Å². The summed E-state index contributed by atoms with van der Waals surface area (Å²) in [5.74, 6) is -0.165. The van der Waals surface area contributed by atoms with Crippen LogP contribution in [-0.2, 0) is 82.1 Å². The molecule has 0 aliphatic carbocycles. The summed E-state index contributed by atoms with van der Waals surface area (Å²) in [6.45, 7) is 18.2. The van der Waals surface area contributed by atoms with Gasteiger partial charge < -0.3 is 46.3 Å². The highest BCUT2D eigenvalue weighted by atomic mass is 35.5. The van der Waals surface area contributed by atoms with Crippen molar-refractivity contribution >= 4 is 76.7 Å². The summed E-state index contributed by atoms with van der Waals surface area (Å²) < 4.78 is 0. The molecule has 3 atom stereocenters. The summed E-state index contributed by atoms with van der Waals surface area (Å²) in [5, 5.41) is 36.7. The predicted molar refractivity (Wildman–Crippen MR) is 363 cm³/mol. The maximum absolute atomic E-state index is 12.8. The number of hydrogen-bond acceptors (Lipinski definition) is 11. The van der Waals surface area contributed by atoms with Crippen LogP contribution in [-0.4, -0.2) is 95.8 Å². The second kappa shape index (κ2) is 30.1. The fourth-order valence-electron chi connectivity index (χ4n) is 12.8. The lowest BCUT2D eigenvalue weighted by Gasteiger charge is -2.30. The van der Waals surface area contributed by atoms with Crippen LogP contribution < -0.4 is 16.0 Å². The van der Waals surface area contributed by atoms with Crippen molar-refractivity contribution in [3.8, 4) is 11.5 Å². The summed E-state index contributed by atoms with van der Waals surface area (Å²) in [6, 6.07) is 32.3. The minimum absolute atomic E-state index is 0. The molecule has 94 heavy (non-hydrogen) atoms. The number of nitrogens with zero attached hydrogens (tertiary/aromatic N) is 3. The Labute approximate surface area is 559 Å². The molecule has 0 bridgehead atoms. The Morgan fingerprint density at radius 2 is 0.830 bits per heavy atom. The van der Waals surface area contributed by atoms with Crippen molar-refractivity contribution in [3.05, 3.63) is 234 Å². The molecule has 6 N–H and O–H groups in total. The van der Waals surface area contributed by atoms with Crippen molar-refractivity contribution in [2.45, 2.75) is 155 Å². The number of carbonyl (C=O) groups excluding carboxylic acids is 8. The molecule has 6 heterocycles. The van der Waals surface area contributed by atoms with Crippen molar-refractivity contribution < 1.29 is 48.6 Å². The van der Waals surface area contributed by atoms with Gasteiger partial charge in [-0.3, -0.25) is 38.4 Å². The van der Waals surface area contributed by atoms with Crippen molar-refractivity contribution in [1.82, 2.24) is 30.7 Å². The van der Waals surface area contributed by atoms with Crippen molar-refractivity contribution in [2.24, 2.45) is 0 Å². The third kappa shape index (κ3) is 16.5. The molecule has 488 valence electrons. The van der Waals surface area contributed by atoms with Gasteiger partial charge in [0.05, 0.1) is 0 Å². The highest BCUT2D eigenvalue weighted by Gasteiger charge is 2.41. The monoisotopic (exact) mass is 1310 g/mol. The Bertz CT molecular complexity index is 3690. The van der Waals surface area contributed by atoms with Crippen LogP contribution in [0.2, 0.25) is 5.02 Å². The van der Waals surface area contributed by atoms with Crippen LogP contribution in [0.4, 0.5) is 0 Å². The first-order valence-electron chi connectivity index (χ1n) is 31.6. The molecule has 3 fully saturated rings. The average Bonchev–Trinajstić information content (AvgIpc) is 1.66. The Morgan fingerprint density at radius 1 is 0.468 bits per heavy atom. The normalized spacial score (nSPS) is 18.0. The van der Waals surface area contributed by atoms with E-state index in [-0.39, 0.29) is 77.3 Å². The van der Waals surface area contributed by atoms with Gasteiger partial charge in [-0.25, -0.2) is 0 Å². The number of nitrogens with one attached hydrogen (secondary N) is 4. The standard InChI is InChI=1S/C25H26ClN3O2.2C25H26N2O4.ClH/c1-15-3-5-18(13-22(15)26)12-20(27)8-6-17-7-9-21-19(11-17)14-29(25(21)31)23-10-4-16(2)28-24(23)30;1-15-11-18(6-10-23(15)29)13-20(28)7-4-17-5-8-21-19(12-17)14-27(25(21)31)22-9-3-16(2)26-24(22)30;1-15-3-5-18(13-23(15)29)12-20(28)8-6-17-7-9-21-19(11-17)14-27(25(21)31)22-10-4-16(2)26-24(22)30;/h3,5,7,9,11,13,23,27H,2,4,6,8,10,12,14H2,1H3,(H,28,30);5-6,8,10-12,22,29H,2-4,7,9,13-14H2,1H3,(H,26,30);3,5,7,9,11,13,22,29H,2,4,6,8,10,12,14H2,1H3,(H,26,30);1H. The van der Waals surface area contributed by atoms with Crippen molar-refractivity contribution in [2.75, 3.05) is 0 Å². The van der Waals surface area contributed by atoms with Gasteiger partial charge >= 0.3 is 0 Å². The van der Waals surface area contributed by atoms with Gasteiger partial charge in [0, 0.05) is 96.3 Å². The number of rotatable bonds is 18. The van der Waals surface area contributed by atoms with E-state index >= 15 is 0 Å². The van der Waals surface area contributed by atoms with Gasteiger partial charge in [-0.15, -0.1) is 12.4 Å². The van der Waals surface area contributed by atoms with Gasteiger partial charge in [0.25, 0.3) is 17.7 Å². The molecular formula is C75H79Cl2N7O10. The smallest absolute Gasteiger partial charge is 0.255 e. The lowest BCUT2D eigenvalue weighted by Crippen LogP contribution is -2.49. The quantitative estimate of drug-likeness (QED) is 0.0444. The molecule has 17 nitrogen and oxygen atoms in total. The van der Waals surface area contributed by atoms with E-state index in [1.807, 2.05) is 99.6 Å². The molecule has 3 unspecified atom stereocenters. The Balaban J connectivity index is 0.000000165. The van der Waals surface area contributed by atoms with E-state index in [4.69, 9.17) is 17.0 Å². The summed E-state index contributed by atoms with van der Waals surface area (Å²) in [5.41, 5.74) is 15.9. The number of phenolic OH excluding ortho intramolecular Hbond substituents is 2. The fraction of sp³-hybridized carbons (Fsp3) is 0.320. The zero-order chi connectivity index (χ0) is 66.4. The van der Waals surface area contributed by atoms with Crippen LogP contribution in [0.25, 0.3) is 0 Å². The maximum atomic E-state index is 12.8. The third-order valence-electron chi connectivity index (χ3n) is 18.2. The third-order valence-corrected chi connectivity index (χ3v) is 18.6. The first kappa shape index (κ1) is 68.9. The Hall–Kier alpha value is -9.45. The molecule has 6 aromatic carbocycles. The number of piperidine rings is 3. The number of ketones is 2. The number of amides is 6. The number of allylic oxidation sites excluding steroid dienone is 3. The molecule has 0 spiro atoms. The number of fused-ring (bicyclic) bond motifs is 3. The lowest BCUT2D eigenvalue weighted by atomic mass is 9.99. The first-order chi connectivity index (χ1) is 44.4. The summed E-state index contributed by atoms with van der Waals surface area (Å²) >= 11 is 6.19. The number of Topliss-reactive ketones (excluding diaryl/α,β-unsaturated/α-hetero) is 2. The SMILES string of the molecule is C=C1CCC(N2Cc3cc(CCC(=N)Cc4ccc(C)c(Cl)c4)ccc3C2=O)C(=O)N1.C=C1CCC(N2Cc3cc(CCC(=O)Cc4ccc(C)c(O)c4)ccc3C2=O)C(=O)N1.C=C1CCC(N2Cc3cc(CCC(=O)Cc4ccc(O)c(C)c4)ccc3C2=O)C(=O)N1.Cl. The van der Waals surface area contributed by atoms with Crippen LogP contribution in [0.5, 0.6) is 11.5 Å². The topological polar surface area (TPSA) is 247 Å². The largest absolute Gasteiger partial charge is 0.508 e. The molecule has 19 heteroatoms. The minimum atomic E-state index is -0.471. The molecule has 12 rings (SSSR count). The van der Waals surface area contributed by atoms with E-state index in [0.29, 0.717) is 143 Å². The second-order valence-corrected chi connectivity index (χ2v) is 25.7. The molecular weight excluding hydrogens is 1230 g/mol. The van der Waals surface area contributed by atoms with Crippen molar-refractivity contribution in [1.29, 1.82) is 5.41 Å². The number of halogens is 2.